The number of hydrogen-bond donors (Lipinski definition) is 2. The summed E-state index contributed by atoms with van der Waals surface area (Å²) in [6.45, 7) is 0.225. The van der Waals surface area contributed by atoms with Gasteiger partial charge in [0.1, 0.15) is 0 Å². The smallest absolute Gasteiger partial charge is 0.371 e. The quantitative estimate of drug-likeness (QED) is 0.519. The van der Waals surface area contributed by atoms with Crippen LogP contribution in [0.25, 0.3) is 0 Å². The van der Waals surface area contributed by atoms with Gasteiger partial charge in [0.05, 0.1) is 13.2 Å². The molecule has 0 radical (unpaired) electrons. The summed E-state index contributed by atoms with van der Waals surface area (Å²) in [7, 11) is -2.58. The summed E-state index contributed by atoms with van der Waals surface area (Å²) in [6, 6.07) is 2.05. The lowest BCUT2D eigenvalue weighted by atomic mass is 10.5. The summed E-state index contributed by atoms with van der Waals surface area (Å²) in [4.78, 5) is 16.8. The molecule has 0 aliphatic rings. The summed E-state index contributed by atoms with van der Waals surface area (Å²) in [5.41, 5.74) is 0. The molecule has 9 heteroatoms. The molecule has 0 aliphatic carbocycles. The topological polar surface area (TPSA) is 115 Å². The number of ether oxygens (including phenoxy) is 1. The number of aromatic carboxylic acids is 1. The minimum Gasteiger partial charge on any atom is -0.475 e. The lowest BCUT2D eigenvalue weighted by molar-refractivity contribution is 0.0430. The Morgan fingerprint density at radius 1 is 1.47 bits per heavy atom. The molecule has 0 aromatic carbocycles. The van der Waals surface area contributed by atoms with Crippen LogP contribution in [-0.2, 0) is 19.6 Å². The van der Waals surface area contributed by atoms with Gasteiger partial charge in [0, 0.05) is 7.11 Å². The number of sulfonamides is 1. The Kier molecular flexibility index (Phi) is 4.63. The largest absolute Gasteiger partial charge is 0.475 e. The molecule has 2 N–H and O–H groups in total. The second kappa shape index (κ2) is 5.77. The Morgan fingerprint density at radius 2 is 2.18 bits per heavy atom. The average Bonchev–Trinajstić information content (AvgIpc) is 2.74. The van der Waals surface area contributed by atoms with E-state index in [1.54, 1.807) is 4.89 Å². The summed E-state index contributed by atoms with van der Waals surface area (Å²) in [5.74, 6) is -1.82. The van der Waals surface area contributed by atoms with Crippen LogP contribution >= 0.6 is 0 Å². The van der Waals surface area contributed by atoms with Crippen molar-refractivity contribution in [2.45, 2.75) is 5.09 Å². The number of carboxylic acids is 1. The summed E-state index contributed by atoms with van der Waals surface area (Å²) >= 11 is 0. The number of methoxy groups -OCH3 is 1. The van der Waals surface area contributed by atoms with Crippen LogP contribution in [-0.4, -0.2) is 39.8 Å². The minimum atomic E-state index is -4.01. The van der Waals surface area contributed by atoms with E-state index >= 15 is 0 Å². The number of nitrogens with one attached hydrogen (secondary N) is 1. The van der Waals surface area contributed by atoms with Crippen LogP contribution in [0, 0.1) is 0 Å². The normalized spacial score (nSPS) is 11.6. The van der Waals surface area contributed by atoms with Gasteiger partial charge in [-0.15, -0.1) is 0 Å². The molecule has 0 bridgehead atoms. The van der Waals surface area contributed by atoms with Crippen LogP contribution in [0.1, 0.15) is 10.6 Å². The fourth-order valence-electron chi connectivity index (χ4n) is 0.865. The Labute approximate surface area is 97.1 Å². The molecule has 0 saturated carbocycles. The molecule has 96 valence electrons. The molecule has 0 saturated heterocycles. The molecule has 1 aromatic rings. The van der Waals surface area contributed by atoms with Crippen molar-refractivity contribution in [3.05, 3.63) is 17.9 Å². The van der Waals surface area contributed by atoms with Crippen molar-refractivity contribution in [1.29, 1.82) is 0 Å². The molecule has 0 fully saturated rings. The van der Waals surface area contributed by atoms with Gasteiger partial charge in [-0.05, 0) is 12.1 Å². The van der Waals surface area contributed by atoms with Gasteiger partial charge in [-0.2, -0.15) is 0 Å². The van der Waals surface area contributed by atoms with E-state index in [1.807, 2.05) is 0 Å². The van der Waals surface area contributed by atoms with Crippen molar-refractivity contribution in [1.82, 2.24) is 4.89 Å². The van der Waals surface area contributed by atoms with E-state index in [4.69, 9.17) is 5.11 Å². The highest BCUT2D eigenvalue weighted by Crippen LogP contribution is 2.13. The first-order valence-electron chi connectivity index (χ1n) is 4.43. The zero-order valence-corrected chi connectivity index (χ0v) is 9.69. The minimum absolute atomic E-state index is 0.0161. The van der Waals surface area contributed by atoms with Gasteiger partial charge in [-0.3, -0.25) is 4.84 Å². The molecule has 0 spiro atoms. The van der Waals surface area contributed by atoms with Gasteiger partial charge < -0.3 is 14.3 Å². The molecule has 17 heavy (non-hydrogen) atoms. The molecule has 8 nitrogen and oxygen atoms in total. The van der Waals surface area contributed by atoms with Gasteiger partial charge in [-0.25, -0.2) is 13.2 Å². The third kappa shape index (κ3) is 3.82. The Balaban J connectivity index is 2.66. The first-order chi connectivity index (χ1) is 7.97. The third-order valence-corrected chi connectivity index (χ3v) is 2.70. The first kappa shape index (κ1) is 13.6. The van der Waals surface area contributed by atoms with E-state index < -0.39 is 26.8 Å². The summed E-state index contributed by atoms with van der Waals surface area (Å²) in [5, 5.41) is 8.02. The SMILES string of the molecule is COCCONS(=O)(=O)c1ccc(C(=O)O)o1. The Hall–Kier alpha value is -1.42. The van der Waals surface area contributed by atoms with Gasteiger partial charge in [-0.1, -0.05) is 4.89 Å². The van der Waals surface area contributed by atoms with Crippen LogP contribution < -0.4 is 4.89 Å². The lowest BCUT2D eigenvalue weighted by Gasteiger charge is -2.03. The molecule has 0 aliphatic heterocycles. The maximum atomic E-state index is 11.5. The maximum Gasteiger partial charge on any atom is 0.371 e. The Morgan fingerprint density at radius 3 is 2.71 bits per heavy atom. The van der Waals surface area contributed by atoms with Crippen LogP contribution in [0.15, 0.2) is 21.6 Å². The fraction of sp³-hybridized carbons (Fsp3) is 0.375. The number of furan rings is 1. The van der Waals surface area contributed by atoms with Crippen molar-refractivity contribution in [2.75, 3.05) is 20.3 Å². The number of carbonyl (C=O) groups is 1. The van der Waals surface area contributed by atoms with E-state index in [9.17, 15) is 13.2 Å². The second-order valence-electron chi connectivity index (χ2n) is 2.85. The highest BCUT2D eigenvalue weighted by atomic mass is 32.2. The molecule has 1 aromatic heterocycles. The van der Waals surface area contributed by atoms with Crippen molar-refractivity contribution < 1.29 is 32.3 Å². The summed E-state index contributed by atoms with van der Waals surface area (Å²) in [6.07, 6.45) is 0. The monoisotopic (exact) mass is 265 g/mol. The van der Waals surface area contributed by atoms with Gasteiger partial charge in [0.2, 0.25) is 10.9 Å². The van der Waals surface area contributed by atoms with Crippen LogP contribution in [0.5, 0.6) is 0 Å². The highest BCUT2D eigenvalue weighted by molar-refractivity contribution is 7.89. The van der Waals surface area contributed by atoms with E-state index in [0.29, 0.717) is 0 Å². The molecular formula is C8H11NO7S. The fourth-order valence-corrected chi connectivity index (χ4v) is 1.63. The number of carboxylic acid groups (broad SMARTS) is 1. The highest BCUT2D eigenvalue weighted by Gasteiger charge is 2.21. The van der Waals surface area contributed by atoms with Gasteiger partial charge >= 0.3 is 5.97 Å². The van der Waals surface area contributed by atoms with E-state index in [-0.39, 0.29) is 13.2 Å². The molecule has 1 heterocycles. The van der Waals surface area contributed by atoms with Crippen LogP contribution in [0.4, 0.5) is 0 Å². The van der Waals surface area contributed by atoms with Crippen LogP contribution in [0.3, 0.4) is 0 Å². The van der Waals surface area contributed by atoms with Crippen molar-refractivity contribution in [3.63, 3.8) is 0 Å². The zero-order valence-electron chi connectivity index (χ0n) is 8.87. The Bertz CT molecular complexity index is 478. The van der Waals surface area contributed by atoms with Gasteiger partial charge in [0.25, 0.3) is 10.0 Å². The first-order valence-corrected chi connectivity index (χ1v) is 5.91. The van der Waals surface area contributed by atoms with Crippen molar-refractivity contribution in [3.8, 4) is 0 Å². The molecule has 0 amide bonds. The van der Waals surface area contributed by atoms with Crippen molar-refractivity contribution in [2.24, 2.45) is 0 Å². The van der Waals surface area contributed by atoms with E-state index in [1.165, 1.54) is 7.11 Å². The molecule has 0 atom stereocenters. The second-order valence-corrected chi connectivity index (χ2v) is 4.43. The molecule has 1 rings (SSSR count). The number of hydrogen-bond acceptors (Lipinski definition) is 6. The number of rotatable bonds is 7. The summed E-state index contributed by atoms with van der Waals surface area (Å²) < 4.78 is 32.2. The van der Waals surface area contributed by atoms with Crippen molar-refractivity contribution >= 4 is 16.0 Å². The van der Waals surface area contributed by atoms with Crippen LogP contribution in [0.2, 0.25) is 0 Å². The molecule has 0 unspecified atom stereocenters. The maximum absolute atomic E-state index is 11.5. The third-order valence-electron chi connectivity index (χ3n) is 1.62. The molecular weight excluding hydrogens is 254 g/mol. The predicted molar refractivity (Wildman–Crippen MR) is 53.8 cm³/mol. The average molecular weight is 265 g/mol. The van der Waals surface area contributed by atoms with Gasteiger partial charge in [0.15, 0.2) is 0 Å². The standard InChI is InChI=1S/C8H11NO7S/c1-14-4-5-15-9-17(12,13)7-3-2-6(16-7)8(10)11/h2-3,9H,4-5H2,1H3,(H,10,11). The lowest BCUT2D eigenvalue weighted by Crippen LogP contribution is -2.25. The van der Waals surface area contributed by atoms with E-state index in [2.05, 4.69) is 14.0 Å². The van der Waals surface area contributed by atoms with E-state index in [0.717, 1.165) is 12.1 Å². The predicted octanol–water partition coefficient (Wildman–Crippen LogP) is -0.166. The zero-order chi connectivity index (χ0) is 12.9.